The van der Waals surface area contributed by atoms with E-state index in [2.05, 4.69) is 37.3 Å². The normalized spacial score (nSPS) is 10.6. The molecule has 1 rings (SSSR count). The minimum absolute atomic E-state index is 0.0318. The van der Waals surface area contributed by atoms with Crippen LogP contribution in [0.2, 0.25) is 0 Å². The van der Waals surface area contributed by atoms with Crippen molar-refractivity contribution in [3.05, 3.63) is 21.1 Å². The highest BCUT2D eigenvalue weighted by Gasteiger charge is 2.24. The second-order valence-electron chi connectivity index (χ2n) is 5.09. The van der Waals surface area contributed by atoms with Gasteiger partial charge in [-0.1, -0.05) is 0 Å². The predicted molar refractivity (Wildman–Crippen MR) is 92.4 cm³/mol. The maximum Gasteiger partial charge on any atom is 0.433 e. The maximum absolute atomic E-state index is 12.2. The number of ether oxygens (including phenoxy) is 2. The Morgan fingerprint density at radius 1 is 1.09 bits per heavy atom. The fourth-order valence-electron chi connectivity index (χ4n) is 1.48. The third-order valence-electron chi connectivity index (χ3n) is 2.32. The van der Waals surface area contributed by atoms with Crippen molar-refractivity contribution in [2.45, 2.75) is 39.9 Å². The molecular formula is C14H18Br2N2O5. The van der Waals surface area contributed by atoms with Crippen LogP contribution in [-0.2, 0) is 9.47 Å². The fourth-order valence-corrected chi connectivity index (χ4v) is 2.65. The van der Waals surface area contributed by atoms with Gasteiger partial charge in [0.25, 0.3) is 0 Å². The zero-order chi connectivity index (χ0) is 17.7. The Bertz CT molecular complexity index is 570. The molecule has 0 saturated heterocycles. The molecule has 0 bridgehead atoms. The molecule has 9 heteroatoms. The van der Waals surface area contributed by atoms with Crippen molar-refractivity contribution in [2.24, 2.45) is 0 Å². The summed E-state index contributed by atoms with van der Waals surface area (Å²) in [6.45, 7) is 6.74. The summed E-state index contributed by atoms with van der Waals surface area (Å²) in [7, 11) is 0. The molecule has 0 saturated carbocycles. The van der Waals surface area contributed by atoms with E-state index >= 15 is 0 Å². The number of aromatic hydroxyl groups is 1. The van der Waals surface area contributed by atoms with Gasteiger partial charge in [0, 0.05) is 0 Å². The number of rotatable bonds is 3. The molecule has 1 aromatic rings. The SMILES string of the molecule is CC(C)OC(=O)NN(C(=O)OC(C)C)c1cc(Br)c(O)c(Br)c1. The molecular weight excluding hydrogens is 436 g/mol. The lowest BCUT2D eigenvalue weighted by molar-refractivity contribution is 0.103. The molecule has 23 heavy (non-hydrogen) atoms. The lowest BCUT2D eigenvalue weighted by atomic mass is 10.3. The first kappa shape index (κ1) is 19.6. The summed E-state index contributed by atoms with van der Waals surface area (Å²) in [6, 6.07) is 2.91. The molecule has 0 aliphatic heterocycles. The predicted octanol–water partition coefficient (Wildman–Crippen LogP) is 4.32. The zero-order valence-corrected chi connectivity index (χ0v) is 16.3. The first-order valence-electron chi connectivity index (χ1n) is 6.77. The molecule has 1 aromatic carbocycles. The number of nitrogens with zero attached hydrogens (tertiary/aromatic N) is 1. The van der Waals surface area contributed by atoms with Gasteiger partial charge in [0.15, 0.2) is 0 Å². The molecule has 2 N–H and O–H groups in total. The third kappa shape index (κ3) is 5.91. The number of phenolic OH excluding ortho intramolecular Hbond substituents is 1. The summed E-state index contributed by atoms with van der Waals surface area (Å²) in [4.78, 5) is 24.0. The van der Waals surface area contributed by atoms with E-state index in [1.54, 1.807) is 27.7 Å². The quantitative estimate of drug-likeness (QED) is 0.665. The van der Waals surface area contributed by atoms with Crippen LogP contribution in [0.25, 0.3) is 0 Å². The Hall–Kier alpha value is -1.48. The van der Waals surface area contributed by atoms with Crippen LogP contribution in [-0.4, -0.2) is 29.5 Å². The van der Waals surface area contributed by atoms with E-state index in [-0.39, 0.29) is 23.6 Å². The molecule has 7 nitrogen and oxygen atoms in total. The van der Waals surface area contributed by atoms with Crippen LogP contribution < -0.4 is 10.4 Å². The summed E-state index contributed by atoms with van der Waals surface area (Å²) in [5.74, 6) is -0.0318. The van der Waals surface area contributed by atoms with Crippen molar-refractivity contribution in [2.75, 3.05) is 5.01 Å². The van der Waals surface area contributed by atoms with Crippen molar-refractivity contribution in [3.8, 4) is 5.75 Å². The number of halogens is 2. The Labute approximate surface area is 151 Å². The minimum atomic E-state index is -0.805. The number of amides is 2. The Morgan fingerprint density at radius 2 is 1.57 bits per heavy atom. The molecule has 0 heterocycles. The second-order valence-corrected chi connectivity index (χ2v) is 6.80. The van der Waals surface area contributed by atoms with Crippen molar-refractivity contribution in [1.29, 1.82) is 0 Å². The molecule has 0 aliphatic carbocycles. The van der Waals surface area contributed by atoms with Gasteiger partial charge in [-0.3, -0.25) is 0 Å². The molecule has 0 aliphatic rings. The molecule has 0 unspecified atom stereocenters. The van der Waals surface area contributed by atoms with Gasteiger partial charge in [0.2, 0.25) is 0 Å². The van der Waals surface area contributed by atoms with E-state index in [9.17, 15) is 14.7 Å². The van der Waals surface area contributed by atoms with Gasteiger partial charge < -0.3 is 14.6 Å². The third-order valence-corrected chi connectivity index (χ3v) is 3.53. The molecule has 0 spiro atoms. The van der Waals surface area contributed by atoms with Gasteiger partial charge in [-0.25, -0.2) is 15.0 Å². The molecule has 0 aromatic heterocycles. The molecule has 0 atom stereocenters. The van der Waals surface area contributed by atoms with Crippen LogP contribution in [0.4, 0.5) is 15.3 Å². The lowest BCUT2D eigenvalue weighted by Crippen LogP contribution is -2.48. The van der Waals surface area contributed by atoms with Crippen LogP contribution >= 0.6 is 31.9 Å². The number of nitrogens with one attached hydrogen (secondary N) is 1. The highest BCUT2D eigenvalue weighted by Crippen LogP contribution is 2.36. The Morgan fingerprint density at radius 3 is 2.00 bits per heavy atom. The lowest BCUT2D eigenvalue weighted by Gasteiger charge is -2.24. The number of phenols is 1. The second kappa shape index (κ2) is 8.39. The van der Waals surface area contributed by atoms with Crippen LogP contribution in [0.3, 0.4) is 0 Å². The number of hydrogen-bond donors (Lipinski definition) is 2. The van der Waals surface area contributed by atoms with Gasteiger partial charge >= 0.3 is 12.2 Å². The van der Waals surface area contributed by atoms with E-state index in [1.807, 2.05) is 0 Å². The van der Waals surface area contributed by atoms with E-state index < -0.39 is 12.2 Å². The van der Waals surface area contributed by atoms with E-state index in [1.165, 1.54) is 12.1 Å². The number of carbonyl (C=O) groups excluding carboxylic acids is 2. The number of carbonyl (C=O) groups is 2. The topological polar surface area (TPSA) is 88.1 Å². The van der Waals surface area contributed by atoms with Crippen LogP contribution in [0.1, 0.15) is 27.7 Å². The first-order valence-corrected chi connectivity index (χ1v) is 8.36. The van der Waals surface area contributed by atoms with Gasteiger partial charge in [-0.15, -0.1) is 0 Å². The maximum atomic E-state index is 12.2. The van der Waals surface area contributed by atoms with Gasteiger partial charge in [0.1, 0.15) is 5.75 Å². The zero-order valence-electron chi connectivity index (χ0n) is 13.1. The number of anilines is 1. The van der Waals surface area contributed by atoms with Gasteiger partial charge in [-0.2, -0.15) is 5.01 Å². The first-order chi connectivity index (χ1) is 10.6. The number of hydrogen-bond acceptors (Lipinski definition) is 5. The summed E-state index contributed by atoms with van der Waals surface area (Å²) in [5, 5.41) is 10.7. The largest absolute Gasteiger partial charge is 0.506 e. The van der Waals surface area contributed by atoms with Crippen LogP contribution in [0.15, 0.2) is 21.1 Å². The smallest absolute Gasteiger partial charge is 0.433 e. The molecule has 0 fully saturated rings. The number of benzene rings is 1. The summed E-state index contributed by atoms with van der Waals surface area (Å²) >= 11 is 6.34. The van der Waals surface area contributed by atoms with E-state index in [4.69, 9.17) is 9.47 Å². The Kier molecular flexibility index (Phi) is 7.14. The molecule has 0 radical (unpaired) electrons. The van der Waals surface area contributed by atoms with Crippen LogP contribution in [0.5, 0.6) is 5.75 Å². The van der Waals surface area contributed by atoms with E-state index in [0.29, 0.717) is 8.95 Å². The van der Waals surface area contributed by atoms with Crippen molar-refractivity contribution >= 4 is 49.7 Å². The summed E-state index contributed by atoms with van der Waals surface area (Å²) in [6.07, 6.45) is -2.32. The van der Waals surface area contributed by atoms with E-state index in [0.717, 1.165) is 5.01 Å². The Balaban J connectivity index is 3.13. The number of hydrazine groups is 1. The molecule has 128 valence electrons. The standard InChI is InChI=1S/C14H18Br2N2O5/c1-7(2)22-13(20)17-18(14(21)23-8(3)4)9-5-10(15)12(19)11(16)6-9/h5-8,19H,1-4H3,(H,17,20). The highest BCUT2D eigenvalue weighted by molar-refractivity contribution is 9.11. The summed E-state index contributed by atoms with van der Waals surface area (Å²) < 4.78 is 10.7. The fraction of sp³-hybridized carbons (Fsp3) is 0.429. The van der Waals surface area contributed by atoms with Crippen molar-refractivity contribution < 1.29 is 24.2 Å². The molecule has 2 amide bonds. The average Bonchev–Trinajstić information content (AvgIpc) is 2.39. The highest BCUT2D eigenvalue weighted by atomic mass is 79.9. The minimum Gasteiger partial charge on any atom is -0.506 e. The monoisotopic (exact) mass is 452 g/mol. The van der Waals surface area contributed by atoms with Gasteiger partial charge in [-0.05, 0) is 71.7 Å². The average molecular weight is 454 g/mol. The van der Waals surface area contributed by atoms with Crippen LogP contribution in [0, 0.1) is 0 Å². The van der Waals surface area contributed by atoms with Gasteiger partial charge in [0.05, 0.1) is 26.8 Å². The summed E-state index contributed by atoms with van der Waals surface area (Å²) in [5.41, 5.74) is 2.59. The van der Waals surface area contributed by atoms with Crippen molar-refractivity contribution in [1.82, 2.24) is 5.43 Å². The van der Waals surface area contributed by atoms with Crippen molar-refractivity contribution in [3.63, 3.8) is 0 Å².